The fraction of sp³-hybridized carbons (Fsp3) is 0.231. The number of halogens is 1. The van der Waals surface area contributed by atoms with Crippen LogP contribution in [0.2, 0.25) is 5.02 Å². The van der Waals surface area contributed by atoms with E-state index in [2.05, 4.69) is 10.3 Å². The maximum atomic E-state index is 12.0. The van der Waals surface area contributed by atoms with Crippen LogP contribution in [-0.4, -0.2) is 17.4 Å². The smallest absolute Gasteiger partial charge is 0.252 e. The van der Waals surface area contributed by atoms with Crippen LogP contribution in [0, 0.1) is 0 Å². The Labute approximate surface area is 120 Å². The lowest BCUT2D eigenvalue weighted by Crippen LogP contribution is -2.27. The number of benzene rings is 1. The molecule has 1 unspecified atom stereocenters. The zero-order valence-electron chi connectivity index (χ0n) is 10.4. The first-order chi connectivity index (χ1) is 9.09. The van der Waals surface area contributed by atoms with Crippen LogP contribution in [0.25, 0.3) is 0 Å². The second-order valence-electron chi connectivity index (χ2n) is 4.19. The minimum Gasteiger partial charge on any atom is -0.398 e. The molecule has 0 aliphatic heterocycles. The first kappa shape index (κ1) is 13.8. The number of hydrogen-bond donors (Lipinski definition) is 2. The van der Waals surface area contributed by atoms with E-state index in [-0.39, 0.29) is 11.8 Å². The standard InChI is InChI=1S/C13H14ClN3OS/c1-8(13-16-5-6-19-13)7-17-12(18)9-3-2-4-10(15)11(9)14/h2-6,8H,7,15H2,1H3,(H,17,18). The van der Waals surface area contributed by atoms with Crippen molar-refractivity contribution in [1.82, 2.24) is 10.3 Å². The Morgan fingerprint density at radius 1 is 1.58 bits per heavy atom. The topological polar surface area (TPSA) is 68.0 Å². The number of anilines is 1. The van der Waals surface area contributed by atoms with E-state index in [0.717, 1.165) is 5.01 Å². The molecule has 19 heavy (non-hydrogen) atoms. The highest BCUT2D eigenvalue weighted by Gasteiger charge is 2.14. The van der Waals surface area contributed by atoms with E-state index in [1.807, 2.05) is 12.3 Å². The monoisotopic (exact) mass is 295 g/mol. The van der Waals surface area contributed by atoms with Crippen LogP contribution in [0.1, 0.15) is 28.2 Å². The number of nitrogens with two attached hydrogens (primary N) is 1. The number of carbonyl (C=O) groups is 1. The van der Waals surface area contributed by atoms with Gasteiger partial charge in [-0.3, -0.25) is 4.79 Å². The highest BCUT2D eigenvalue weighted by atomic mass is 35.5. The van der Waals surface area contributed by atoms with Crippen molar-refractivity contribution in [1.29, 1.82) is 0 Å². The third kappa shape index (κ3) is 3.24. The molecule has 0 bridgehead atoms. The lowest BCUT2D eigenvalue weighted by Gasteiger charge is -2.11. The molecular weight excluding hydrogens is 282 g/mol. The molecule has 1 heterocycles. The second-order valence-corrected chi connectivity index (χ2v) is 5.49. The first-order valence-corrected chi connectivity index (χ1v) is 7.07. The van der Waals surface area contributed by atoms with E-state index in [1.165, 1.54) is 0 Å². The van der Waals surface area contributed by atoms with Gasteiger partial charge in [0.1, 0.15) is 0 Å². The second kappa shape index (κ2) is 6.04. The average molecular weight is 296 g/mol. The van der Waals surface area contributed by atoms with E-state index >= 15 is 0 Å². The molecule has 0 spiro atoms. The molecule has 0 aliphatic rings. The molecule has 0 saturated carbocycles. The number of hydrogen-bond acceptors (Lipinski definition) is 4. The normalized spacial score (nSPS) is 12.1. The molecule has 0 radical (unpaired) electrons. The summed E-state index contributed by atoms with van der Waals surface area (Å²) in [5.74, 6) is -0.0514. The highest BCUT2D eigenvalue weighted by Crippen LogP contribution is 2.23. The summed E-state index contributed by atoms with van der Waals surface area (Å²) in [5, 5.41) is 6.05. The Morgan fingerprint density at radius 3 is 3.05 bits per heavy atom. The number of nitrogens with one attached hydrogen (secondary N) is 1. The molecule has 4 nitrogen and oxygen atoms in total. The van der Waals surface area contributed by atoms with Gasteiger partial charge in [-0.25, -0.2) is 4.98 Å². The fourth-order valence-corrected chi connectivity index (χ4v) is 2.54. The van der Waals surface area contributed by atoms with Gasteiger partial charge in [0.2, 0.25) is 0 Å². The molecule has 6 heteroatoms. The van der Waals surface area contributed by atoms with Gasteiger partial charge >= 0.3 is 0 Å². The molecule has 2 rings (SSSR count). The highest BCUT2D eigenvalue weighted by molar-refractivity contribution is 7.09. The van der Waals surface area contributed by atoms with Crippen molar-refractivity contribution >= 4 is 34.5 Å². The number of nitrogens with zero attached hydrogens (tertiary/aromatic N) is 1. The number of nitrogen functional groups attached to an aromatic ring is 1. The predicted octanol–water partition coefficient (Wildman–Crippen LogP) is 2.91. The molecular formula is C13H14ClN3OS. The molecule has 3 N–H and O–H groups in total. The summed E-state index contributed by atoms with van der Waals surface area (Å²) in [4.78, 5) is 16.2. The maximum Gasteiger partial charge on any atom is 0.252 e. The van der Waals surface area contributed by atoms with E-state index in [9.17, 15) is 4.79 Å². The summed E-state index contributed by atoms with van der Waals surface area (Å²) in [7, 11) is 0. The van der Waals surface area contributed by atoms with Crippen LogP contribution in [0.4, 0.5) is 5.69 Å². The minimum atomic E-state index is -0.222. The van der Waals surface area contributed by atoms with Gasteiger partial charge in [-0.1, -0.05) is 24.6 Å². The maximum absolute atomic E-state index is 12.0. The summed E-state index contributed by atoms with van der Waals surface area (Å²) < 4.78 is 0. The van der Waals surface area contributed by atoms with Crippen LogP contribution in [-0.2, 0) is 0 Å². The quantitative estimate of drug-likeness (QED) is 0.852. The van der Waals surface area contributed by atoms with Crippen LogP contribution in [0.5, 0.6) is 0 Å². The molecule has 1 atom stereocenters. The van der Waals surface area contributed by atoms with E-state index in [1.54, 1.807) is 35.7 Å². The predicted molar refractivity (Wildman–Crippen MR) is 78.7 cm³/mol. The summed E-state index contributed by atoms with van der Waals surface area (Å²) in [6.45, 7) is 2.53. The summed E-state index contributed by atoms with van der Waals surface area (Å²) >= 11 is 7.58. The van der Waals surface area contributed by atoms with Gasteiger partial charge in [0.15, 0.2) is 0 Å². The largest absolute Gasteiger partial charge is 0.398 e. The van der Waals surface area contributed by atoms with Crippen molar-refractivity contribution in [2.24, 2.45) is 0 Å². The van der Waals surface area contributed by atoms with Gasteiger partial charge in [0, 0.05) is 24.0 Å². The molecule has 100 valence electrons. The van der Waals surface area contributed by atoms with Crippen molar-refractivity contribution in [3.63, 3.8) is 0 Å². The van der Waals surface area contributed by atoms with Gasteiger partial charge in [0.25, 0.3) is 5.91 Å². The minimum absolute atomic E-state index is 0.170. The van der Waals surface area contributed by atoms with Crippen molar-refractivity contribution in [3.05, 3.63) is 45.4 Å². The number of carbonyl (C=O) groups excluding carboxylic acids is 1. The summed E-state index contributed by atoms with van der Waals surface area (Å²) in [6, 6.07) is 5.03. The third-order valence-electron chi connectivity index (χ3n) is 2.72. The lowest BCUT2D eigenvalue weighted by atomic mass is 10.1. The van der Waals surface area contributed by atoms with Crippen LogP contribution in [0.3, 0.4) is 0 Å². The Kier molecular flexibility index (Phi) is 4.39. The average Bonchev–Trinajstić information content (AvgIpc) is 2.93. The Hall–Kier alpha value is -1.59. The molecule has 0 saturated heterocycles. The lowest BCUT2D eigenvalue weighted by molar-refractivity contribution is 0.0952. The van der Waals surface area contributed by atoms with Gasteiger partial charge in [-0.05, 0) is 12.1 Å². The fourth-order valence-electron chi connectivity index (χ4n) is 1.63. The van der Waals surface area contributed by atoms with Gasteiger partial charge in [-0.15, -0.1) is 11.3 Å². The SMILES string of the molecule is CC(CNC(=O)c1cccc(N)c1Cl)c1nccs1. The van der Waals surface area contributed by atoms with E-state index in [0.29, 0.717) is 22.8 Å². The number of aromatic nitrogens is 1. The zero-order valence-corrected chi connectivity index (χ0v) is 12.0. The van der Waals surface area contributed by atoms with E-state index < -0.39 is 0 Å². The molecule has 2 aromatic rings. The van der Waals surface area contributed by atoms with Crippen molar-refractivity contribution < 1.29 is 4.79 Å². The molecule has 0 aliphatic carbocycles. The zero-order chi connectivity index (χ0) is 13.8. The van der Waals surface area contributed by atoms with Crippen molar-refractivity contribution in [3.8, 4) is 0 Å². The van der Waals surface area contributed by atoms with E-state index in [4.69, 9.17) is 17.3 Å². The van der Waals surface area contributed by atoms with Gasteiger partial charge < -0.3 is 11.1 Å². The van der Waals surface area contributed by atoms with Crippen LogP contribution >= 0.6 is 22.9 Å². The first-order valence-electron chi connectivity index (χ1n) is 5.81. The van der Waals surface area contributed by atoms with Gasteiger partial charge in [0.05, 0.1) is 21.3 Å². The molecule has 0 fully saturated rings. The Balaban J connectivity index is 2.00. The van der Waals surface area contributed by atoms with Crippen LogP contribution < -0.4 is 11.1 Å². The Morgan fingerprint density at radius 2 is 2.37 bits per heavy atom. The van der Waals surface area contributed by atoms with Crippen molar-refractivity contribution in [2.45, 2.75) is 12.8 Å². The molecule has 1 amide bonds. The molecule has 1 aromatic heterocycles. The summed E-state index contributed by atoms with van der Waals surface area (Å²) in [6.07, 6.45) is 1.76. The summed E-state index contributed by atoms with van der Waals surface area (Å²) in [5.41, 5.74) is 6.47. The molecule has 1 aromatic carbocycles. The Bertz CT molecular complexity index is 571. The number of thiazole rings is 1. The van der Waals surface area contributed by atoms with Gasteiger partial charge in [-0.2, -0.15) is 0 Å². The number of amides is 1. The van der Waals surface area contributed by atoms with Crippen LogP contribution in [0.15, 0.2) is 29.8 Å². The van der Waals surface area contributed by atoms with Crippen molar-refractivity contribution in [2.75, 3.05) is 12.3 Å². The number of rotatable bonds is 4. The third-order valence-corrected chi connectivity index (χ3v) is 4.14.